The number of benzene rings is 1. The second-order valence-electron chi connectivity index (χ2n) is 6.12. The molecule has 130 valence electrons. The number of allylic oxidation sites excluding steroid dienone is 1. The highest BCUT2D eigenvalue weighted by molar-refractivity contribution is 5.96. The number of nitrogens with one attached hydrogen (secondary N) is 1. The highest BCUT2D eigenvalue weighted by Crippen LogP contribution is 2.49. The molecule has 7 heteroatoms. The van der Waals surface area contributed by atoms with Gasteiger partial charge >= 0.3 is 6.18 Å². The van der Waals surface area contributed by atoms with Gasteiger partial charge in [0.2, 0.25) is 5.60 Å². The molecular formula is C17H17F4NO2. The van der Waals surface area contributed by atoms with Crippen molar-refractivity contribution in [3.63, 3.8) is 0 Å². The predicted octanol–water partition coefficient (Wildman–Crippen LogP) is 4.30. The van der Waals surface area contributed by atoms with Crippen LogP contribution in [0.2, 0.25) is 0 Å². The summed E-state index contributed by atoms with van der Waals surface area (Å²) in [6.07, 6.45) is -2.05. The smallest absolute Gasteiger partial charge is 0.344 e. The van der Waals surface area contributed by atoms with Crippen LogP contribution in [0.15, 0.2) is 30.4 Å². The highest BCUT2D eigenvalue weighted by Gasteiger charge is 2.59. The molecule has 1 aromatic rings. The molecule has 2 atom stereocenters. The number of rotatable bonds is 3. The van der Waals surface area contributed by atoms with Gasteiger partial charge in [-0.2, -0.15) is 13.2 Å². The average Bonchev–Trinajstić information content (AvgIpc) is 3.32. The van der Waals surface area contributed by atoms with Gasteiger partial charge < -0.3 is 10.1 Å². The van der Waals surface area contributed by atoms with Crippen molar-refractivity contribution < 1.29 is 27.1 Å². The lowest BCUT2D eigenvalue weighted by Gasteiger charge is -2.34. The molecule has 1 aliphatic carbocycles. The molecule has 1 aliphatic heterocycles. The van der Waals surface area contributed by atoms with Crippen LogP contribution in [-0.2, 0) is 15.1 Å². The van der Waals surface area contributed by atoms with E-state index in [-0.39, 0.29) is 18.0 Å². The van der Waals surface area contributed by atoms with Gasteiger partial charge in [-0.05, 0) is 49.5 Å². The van der Waals surface area contributed by atoms with E-state index in [1.807, 2.05) is 0 Å². The Morgan fingerprint density at radius 1 is 1.38 bits per heavy atom. The molecule has 0 unspecified atom stereocenters. The lowest BCUT2D eigenvalue weighted by Crippen LogP contribution is -2.46. The summed E-state index contributed by atoms with van der Waals surface area (Å²) in [7, 11) is 0. The van der Waals surface area contributed by atoms with E-state index in [9.17, 15) is 22.4 Å². The number of anilines is 1. The number of hydrogen-bond acceptors (Lipinski definition) is 2. The fraction of sp³-hybridized carbons (Fsp3) is 0.471. The fourth-order valence-corrected chi connectivity index (χ4v) is 2.76. The Labute approximate surface area is 136 Å². The summed E-state index contributed by atoms with van der Waals surface area (Å²) in [4.78, 5) is 12.1. The van der Waals surface area contributed by atoms with Crippen molar-refractivity contribution in [1.29, 1.82) is 0 Å². The maximum Gasteiger partial charge on any atom is 0.425 e. The molecule has 1 N–H and O–H groups in total. The van der Waals surface area contributed by atoms with E-state index in [1.54, 1.807) is 6.92 Å². The molecule has 2 aliphatic rings. The second-order valence-corrected chi connectivity index (χ2v) is 6.12. The summed E-state index contributed by atoms with van der Waals surface area (Å²) in [6, 6.07) is 2.92. The van der Waals surface area contributed by atoms with Gasteiger partial charge in [0.1, 0.15) is 11.9 Å². The van der Waals surface area contributed by atoms with Gasteiger partial charge in [-0.3, -0.25) is 4.79 Å². The normalized spacial score (nSPS) is 27.7. The number of fused-ring (bicyclic) bond motifs is 1. The number of ether oxygens (including phenoxy) is 1. The minimum Gasteiger partial charge on any atom is -0.344 e. The first-order chi connectivity index (χ1) is 11.3. The molecule has 1 heterocycles. The minimum atomic E-state index is -4.85. The summed E-state index contributed by atoms with van der Waals surface area (Å²) in [5.41, 5.74) is -3.38. The number of carbonyl (C=O) groups is 1. The fourth-order valence-electron chi connectivity index (χ4n) is 2.76. The Bertz CT molecular complexity index is 682. The van der Waals surface area contributed by atoms with Crippen molar-refractivity contribution in [2.24, 2.45) is 5.92 Å². The van der Waals surface area contributed by atoms with Gasteiger partial charge in [-0.1, -0.05) is 13.0 Å². The average molecular weight is 343 g/mol. The second kappa shape index (κ2) is 5.88. The van der Waals surface area contributed by atoms with Gasteiger partial charge in [0.05, 0.1) is 0 Å². The van der Waals surface area contributed by atoms with E-state index in [2.05, 4.69) is 5.32 Å². The van der Waals surface area contributed by atoms with Gasteiger partial charge in [0.25, 0.3) is 5.91 Å². The lowest BCUT2D eigenvalue weighted by atomic mass is 9.90. The molecular weight excluding hydrogens is 326 g/mol. The first-order valence-corrected chi connectivity index (χ1v) is 7.81. The lowest BCUT2D eigenvalue weighted by molar-refractivity contribution is -0.273. The summed E-state index contributed by atoms with van der Waals surface area (Å²) in [5, 5.41) is 2.42. The summed E-state index contributed by atoms with van der Waals surface area (Å²) in [5.74, 6) is -1.43. The van der Waals surface area contributed by atoms with Crippen LogP contribution in [0.25, 0.3) is 0 Å². The van der Waals surface area contributed by atoms with Crippen LogP contribution in [0.4, 0.5) is 23.2 Å². The van der Waals surface area contributed by atoms with Crippen LogP contribution >= 0.6 is 0 Å². The molecule has 1 aromatic carbocycles. The maximum atomic E-state index is 14.1. The molecule has 0 aromatic heterocycles. The Morgan fingerprint density at radius 3 is 2.67 bits per heavy atom. The molecule has 1 amide bonds. The van der Waals surface area contributed by atoms with E-state index < -0.39 is 35.2 Å². The number of hydrogen-bond donors (Lipinski definition) is 1. The molecule has 0 radical (unpaired) electrons. The SMILES string of the molecule is CC[C@H]1O[C@@](/C=C/C2CC2)(C(F)(F)F)c2cc(F)ccc2NC1=O. The van der Waals surface area contributed by atoms with Crippen molar-refractivity contribution in [2.45, 2.75) is 44.1 Å². The van der Waals surface area contributed by atoms with Crippen LogP contribution in [0.1, 0.15) is 31.7 Å². The third kappa shape index (κ3) is 2.92. The summed E-state index contributed by atoms with van der Waals surface area (Å²) < 4.78 is 61.2. The number of alkyl halides is 3. The van der Waals surface area contributed by atoms with E-state index >= 15 is 0 Å². The highest BCUT2D eigenvalue weighted by atomic mass is 19.4. The van der Waals surface area contributed by atoms with Crippen LogP contribution in [0.3, 0.4) is 0 Å². The van der Waals surface area contributed by atoms with Crippen molar-refractivity contribution in [2.75, 3.05) is 5.32 Å². The van der Waals surface area contributed by atoms with Gasteiger partial charge in [0, 0.05) is 11.3 Å². The summed E-state index contributed by atoms with van der Waals surface area (Å²) >= 11 is 0. The first-order valence-electron chi connectivity index (χ1n) is 7.81. The molecule has 0 spiro atoms. The van der Waals surface area contributed by atoms with Gasteiger partial charge in [-0.25, -0.2) is 4.39 Å². The third-order valence-electron chi connectivity index (χ3n) is 4.28. The van der Waals surface area contributed by atoms with Crippen molar-refractivity contribution >= 4 is 11.6 Å². The summed E-state index contributed by atoms with van der Waals surface area (Å²) in [6.45, 7) is 1.56. The zero-order valence-electron chi connectivity index (χ0n) is 13.0. The molecule has 0 saturated heterocycles. The Balaban J connectivity index is 2.22. The zero-order chi connectivity index (χ0) is 17.5. The van der Waals surface area contributed by atoms with E-state index in [4.69, 9.17) is 4.74 Å². The van der Waals surface area contributed by atoms with Crippen molar-refractivity contribution in [3.8, 4) is 0 Å². The standard InChI is InChI=1S/C17H17F4NO2/c1-2-14-15(23)22-13-6-5-11(18)9-12(13)16(24-14,17(19,20)21)8-7-10-3-4-10/h5-10,14H,2-4H2,1H3,(H,22,23)/b8-7+/t14-,16-/m1/s1. The topological polar surface area (TPSA) is 38.3 Å². The zero-order valence-corrected chi connectivity index (χ0v) is 13.0. The van der Waals surface area contributed by atoms with E-state index in [0.717, 1.165) is 37.1 Å². The number of amides is 1. The van der Waals surface area contributed by atoms with Crippen LogP contribution in [0.5, 0.6) is 0 Å². The largest absolute Gasteiger partial charge is 0.425 e. The monoisotopic (exact) mass is 343 g/mol. The van der Waals surface area contributed by atoms with Crippen molar-refractivity contribution in [1.82, 2.24) is 0 Å². The van der Waals surface area contributed by atoms with Gasteiger partial charge in [0.15, 0.2) is 0 Å². The first kappa shape index (κ1) is 17.0. The van der Waals surface area contributed by atoms with E-state index in [1.165, 1.54) is 6.08 Å². The maximum absolute atomic E-state index is 14.1. The quantitative estimate of drug-likeness (QED) is 0.656. The minimum absolute atomic E-state index is 0.0665. The van der Waals surface area contributed by atoms with Crippen LogP contribution < -0.4 is 5.32 Å². The number of halogens is 4. The Kier molecular flexibility index (Phi) is 4.15. The molecule has 24 heavy (non-hydrogen) atoms. The Morgan fingerprint density at radius 2 is 2.08 bits per heavy atom. The Hall–Kier alpha value is -1.89. The molecule has 3 rings (SSSR count). The molecule has 0 bridgehead atoms. The predicted molar refractivity (Wildman–Crippen MR) is 79.8 cm³/mol. The van der Waals surface area contributed by atoms with Crippen LogP contribution in [-0.4, -0.2) is 18.2 Å². The van der Waals surface area contributed by atoms with Gasteiger partial charge in [-0.15, -0.1) is 0 Å². The van der Waals surface area contributed by atoms with Crippen molar-refractivity contribution in [3.05, 3.63) is 41.7 Å². The molecule has 1 fully saturated rings. The van der Waals surface area contributed by atoms with Crippen LogP contribution in [0, 0.1) is 11.7 Å². The third-order valence-corrected chi connectivity index (χ3v) is 4.28. The van der Waals surface area contributed by atoms with E-state index in [0.29, 0.717) is 0 Å². The molecule has 3 nitrogen and oxygen atoms in total. The molecule has 1 saturated carbocycles. The number of carbonyl (C=O) groups excluding carboxylic acids is 1.